The molecule has 1 aromatic carbocycles. The second-order valence-corrected chi connectivity index (χ2v) is 9.42. The molecule has 1 aromatic rings. The van der Waals surface area contributed by atoms with Crippen molar-refractivity contribution in [2.45, 2.75) is 57.5 Å². The Morgan fingerprint density at radius 1 is 1.00 bits per heavy atom. The van der Waals surface area contributed by atoms with Gasteiger partial charge in [-0.25, -0.2) is 0 Å². The molecule has 3 heterocycles. The van der Waals surface area contributed by atoms with Gasteiger partial charge in [-0.05, 0) is 55.6 Å². The Kier molecular flexibility index (Phi) is 5.08. The van der Waals surface area contributed by atoms with E-state index in [9.17, 15) is 4.79 Å². The molecule has 4 nitrogen and oxygen atoms in total. The lowest BCUT2D eigenvalue weighted by Gasteiger charge is -2.51. The monoisotopic (exact) mass is 381 g/mol. The number of piperazine rings is 1. The summed E-state index contributed by atoms with van der Waals surface area (Å²) in [7, 11) is 0. The van der Waals surface area contributed by atoms with Gasteiger partial charge >= 0.3 is 0 Å². The minimum atomic E-state index is 0.444. The molecule has 0 spiro atoms. The molecule has 5 rings (SSSR count). The first-order valence-electron chi connectivity index (χ1n) is 11.6. The highest BCUT2D eigenvalue weighted by molar-refractivity contribution is 5.77. The van der Waals surface area contributed by atoms with Gasteiger partial charge in [-0.1, -0.05) is 31.5 Å². The van der Waals surface area contributed by atoms with Gasteiger partial charge in [0.1, 0.15) is 0 Å². The third kappa shape index (κ3) is 3.14. The van der Waals surface area contributed by atoms with Gasteiger partial charge in [0.15, 0.2) is 0 Å². The molecule has 1 saturated carbocycles. The quantitative estimate of drug-likeness (QED) is 0.800. The maximum Gasteiger partial charge on any atom is 0.222 e. The molecule has 0 aromatic heterocycles. The minimum Gasteiger partial charge on any atom is -0.369 e. The average molecular weight is 382 g/mol. The Labute approximate surface area is 169 Å². The van der Waals surface area contributed by atoms with E-state index in [1.807, 2.05) is 0 Å². The van der Waals surface area contributed by atoms with Gasteiger partial charge in [-0.15, -0.1) is 0 Å². The Morgan fingerprint density at radius 3 is 2.54 bits per heavy atom. The van der Waals surface area contributed by atoms with Crippen molar-refractivity contribution in [3.63, 3.8) is 0 Å². The largest absolute Gasteiger partial charge is 0.369 e. The summed E-state index contributed by atoms with van der Waals surface area (Å²) in [4.78, 5) is 20.3. The zero-order chi connectivity index (χ0) is 19.1. The van der Waals surface area contributed by atoms with Crippen LogP contribution in [-0.4, -0.2) is 60.5 Å². The van der Waals surface area contributed by atoms with Crippen LogP contribution >= 0.6 is 0 Å². The van der Waals surface area contributed by atoms with Gasteiger partial charge < -0.3 is 9.80 Å². The number of benzene rings is 1. The van der Waals surface area contributed by atoms with Gasteiger partial charge in [0.25, 0.3) is 0 Å². The molecule has 28 heavy (non-hydrogen) atoms. The first-order chi connectivity index (χ1) is 13.8. The van der Waals surface area contributed by atoms with Gasteiger partial charge in [-0.3, -0.25) is 9.69 Å². The van der Waals surface area contributed by atoms with Gasteiger partial charge in [0, 0.05) is 56.9 Å². The van der Waals surface area contributed by atoms with Crippen LogP contribution in [0.15, 0.2) is 30.3 Å². The number of rotatable bonds is 3. The summed E-state index contributed by atoms with van der Waals surface area (Å²) in [5, 5.41) is 0. The summed E-state index contributed by atoms with van der Waals surface area (Å²) in [6.07, 6.45) is 6.98. The van der Waals surface area contributed by atoms with Crippen LogP contribution in [0.2, 0.25) is 0 Å². The summed E-state index contributed by atoms with van der Waals surface area (Å²) < 4.78 is 0. The second-order valence-electron chi connectivity index (χ2n) is 9.42. The Hall–Kier alpha value is -1.55. The SMILES string of the molecule is CC[C@@H]1[C@H]2CCCC(=O)N3CC[C@@H](C[C@@H]1N1CCN(c4ccccc4)CC1)[C@@H]23. The molecule has 3 aliphatic heterocycles. The molecule has 1 aliphatic carbocycles. The molecule has 5 atom stereocenters. The number of hydrogen-bond acceptors (Lipinski definition) is 3. The second kappa shape index (κ2) is 7.70. The highest BCUT2D eigenvalue weighted by Crippen LogP contribution is 2.49. The lowest BCUT2D eigenvalue weighted by Crippen LogP contribution is -2.58. The van der Waals surface area contributed by atoms with Crippen LogP contribution in [0.4, 0.5) is 5.69 Å². The number of anilines is 1. The van der Waals surface area contributed by atoms with Crippen LogP contribution in [0.25, 0.3) is 0 Å². The molecular weight excluding hydrogens is 346 g/mol. The third-order valence-electron chi connectivity index (χ3n) is 8.24. The van der Waals surface area contributed by atoms with E-state index >= 15 is 0 Å². The van der Waals surface area contributed by atoms with Crippen LogP contribution < -0.4 is 4.90 Å². The van der Waals surface area contributed by atoms with E-state index in [4.69, 9.17) is 0 Å². The van der Waals surface area contributed by atoms with E-state index in [1.54, 1.807) is 0 Å². The maximum atomic E-state index is 12.6. The number of carbonyl (C=O) groups excluding carboxylic acids is 1. The van der Waals surface area contributed by atoms with E-state index in [2.05, 4.69) is 52.0 Å². The lowest BCUT2D eigenvalue weighted by molar-refractivity contribution is -0.133. The van der Waals surface area contributed by atoms with Crippen LogP contribution in [-0.2, 0) is 4.79 Å². The van der Waals surface area contributed by atoms with Crippen molar-refractivity contribution in [2.24, 2.45) is 17.8 Å². The summed E-state index contributed by atoms with van der Waals surface area (Å²) in [5.74, 6) is 2.68. The van der Waals surface area contributed by atoms with Crippen molar-refractivity contribution >= 4 is 11.6 Å². The van der Waals surface area contributed by atoms with E-state index in [0.717, 1.165) is 56.3 Å². The summed E-state index contributed by atoms with van der Waals surface area (Å²) in [6, 6.07) is 12.2. The molecule has 0 unspecified atom stereocenters. The van der Waals surface area contributed by atoms with Crippen molar-refractivity contribution in [1.29, 1.82) is 0 Å². The standard InChI is InChI=1S/C24H35N3O/c1-2-20-21-9-6-10-23(28)27-12-11-18(24(21)27)17-22(20)26-15-13-25(14-16-26)19-7-4-3-5-8-19/h3-5,7-8,18,20-22,24H,2,6,9-17H2,1H3/t18-,20+,21+,22-,24-/m0/s1. The molecule has 3 saturated heterocycles. The van der Waals surface area contributed by atoms with Crippen molar-refractivity contribution in [2.75, 3.05) is 37.6 Å². The third-order valence-corrected chi connectivity index (χ3v) is 8.24. The van der Waals surface area contributed by atoms with E-state index in [1.165, 1.54) is 44.5 Å². The zero-order valence-corrected chi connectivity index (χ0v) is 17.3. The first-order valence-corrected chi connectivity index (χ1v) is 11.6. The van der Waals surface area contributed by atoms with Crippen LogP contribution in [0.5, 0.6) is 0 Å². The predicted molar refractivity (Wildman–Crippen MR) is 113 cm³/mol. The van der Waals surface area contributed by atoms with Crippen LogP contribution in [0, 0.1) is 17.8 Å². The summed E-state index contributed by atoms with van der Waals surface area (Å²) in [6.45, 7) is 8.06. The predicted octanol–water partition coefficient (Wildman–Crippen LogP) is 3.62. The smallest absolute Gasteiger partial charge is 0.222 e. The normalized spacial score (nSPS) is 36.3. The fraction of sp³-hybridized carbons (Fsp3) is 0.708. The topological polar surface area (TPSA) is 26.8 Å². The molecular formula is C24H35N3O. The first kappa shape index (κ1) is 18.5. The highest BCUT2D eigenvalue weighted by atomic mass is 16.2. The van der Waals surface area contributed by atoms with Gasteiger partial charge in [0.2, 0.25) is 5.91 Å². The minimum absolute atomic E-state index is 0.444. The maximum absolute atomic E-state index is 12.6. The van der Waals surface area contributed by atoms with E-state index < -0.39 is 0 Å². The van der Waals surface area contributed by atoms with Crippen molar-refractivity contribution < 1.29 is 4.79 Å². The average Bonchev–Trinajstić information content (AvgIpc) is 3.10. The van der Waals surface area contributed by atoms with Crippen molar-refractivity contribution in [3.05, 3.63) is 30.3 Å². The van der Waals surface area contributed by atoms with E-state index in [0.29, 0.717) is 11.9 Å². The van der Waals surface area contributed by atoms with Crippen LogP contribution in [0.3, 0.4) is 0 Å². The molecule has 4 heteroatoms. The van der Waals surface area contributed by atoms with Crippen LogP contribution in [0.1, 0.15) is 45.4 Å². The van der Waals surface area contributed by atoms with Gasteiger partial charge in [0.05, 0.1) is 0 Å². The summed E-state index contributed by atoms with van der Waals surface area (Å²) >= 11 is 0. The molecule has 0 N–H and O–H groups in total. The fourth-order valence-electron chi connectivity index (χ4n) is 6.99. The van der Waals surface area contributed by atoms with E-state index in [-0.39, 0.29) is 0 Å². The number of nitrogens with zero attached hydrogens (tertiary/aromatic N) is 3. The Bertz CT molecular complexity index is 684. The van der Waals surface area contributed by atoms with Crippen molar-refractivity contribution in [3.8, 4) is 0 Å². The highest BCUT2D eigenvalue weighted by Gasteiger charge is 2.52. The zero-order valence-electron chi connectivity index (χ0n) is 17.3. The number of para-hydroxylation sites is 1. The molecule has 4 fully saturated rings. The summed E-state index contributed by atoms with van der Waals surface area (Å²) in [5.41, 5.74) is 1.37. The fourth-order valence-corrected chi connectivity index (χ4v) is 6.99. The van der Waals surface area contributed by atoms with Gasteiger partial charge in [-0.2, -0.15) is 0 Å². The number of amides is 1. The Morgan fingerprint density at radius 2 is 1.79 bits per heavy atom. The molecule has 4 aliphatic rings. The lowest BCUT2D eigenvalue weighted by atomic mass is 9.65. The number of hydrogen-bond donors (Lipinski definition) is 0. The number of carbonyl (C=O) groups is 1. The molecule has 152 valence electrons. The Balaban J connectivity index is 1.31. The van der Waals surface area contributed by atoms with Crippen molar-refractivity contribution in [1.82, 2.24) is 9.80 Å². The molecule has 0 bridgehead atoms. The molecule has 0 radical (unpaired) electrons. The molecule has 1 amide bonds.